The van der Waals surface area contributed by atoms with Gasteiger partial charge in [-0.15, -0.1) is 0 Å². The van der Waals surface area contributed by atoms with E-state index in [1.54, 1.807) is 0 Å². The Hall–Kier alpha value is -2.48. The SMILES string of the molecule is Cc1cccc(C=NCc2cc(N3CCOCC3)c(C)c(OCCN3CCOCC3)n2)c1. The highest BCUT2D eigenvalue weighted by Gasteiger charge is 2.19. The van der Waals surface area contributed by atoms with Crippen LogP contribution in [-0.4, -0.2) is 81.9 Å². The van der Waals surface area contributed by atoms with Gasteiger partial charge >= 0.3 is 0 Å². The molecule has 0 atom stereocenters. The molecule has 4 rings (SSSR count). The fourth-order valence-corrected chi connectivity index (χ4v) is 4.07. The molecule has 2 aliphatic rings. The fourth-order valence-electron chi connectivity index (χ4n) is 4.07. The Labute approximate surface area is 191 Å². The molecule has 2 saturated heterocycles. The van der Waals surface area contributed by atoms with Gasteiger partial charge in [-0.05, 0) is 25.5 Å². The van der Waals surface area contributed by atoms with Gasteiger partial charge in [0, 0.05) is 50.2 Å². The maximum absolute atomic E-state index is 6.19. The van der Waals surface area contributed by atoms with Crippen LogP contribution in [0.5, 0.6) is 5.88 Å². The van der Waals surface area contributed by atoms with E-state index in [1.165, 1.54) is 11.3 Å². The zero-order valence-electron chi connectivity index (χ0n) is 19.3. The lowest BCUT2D eigenvalue weighted by molar-refractivity contribution is 0.0319. The minimum atomic E-state index is 0.519. The van der Waals surface area contributed by atoms with Crippen LogP contribution in [0.3, 0.4) is 0 Å². The van der Waals surface area contributed by atoms with Gasteiger partial charge in [0.2, 0.25) is 5.88 Å². The van der Waals surface area contributed by atoms with E-state index < -0.39 is 0 Å². The van der Waals surface area contributed by atoms with Crippen molar-refractivity contribution in [3.8, 4) is 5.88 Å². The summed E-state index contributed by atoms with van der Waals surface area (Å²) < 4.78 is 17.2. The minimum absolute atomic E-state index is 0.519. The van der Waals surface area contributed by atoms with E-state index in [0.29, 0.717) is 19.0 Å². The lowest BCUT2D eigenvalue weighted by Crippen LogP contribution is -2.38. The molecular weight excluding hydrogens is 404 g/mol. The maximum Gasteiger partial charge on any atom is 0.218 e. The molecule has 172 valence electrons. The van der Waals surface area contributed by atoms with Crippen molar-refractivity contribution >= 4 is 11.9 Å². The van der Waals surface area contributed by atoms with Crippen molar-refractivity contribution in [3.63, 3.8) is 0 Å². The van der Waals surface area contributed by atoms with E-state index in [1.807, 2.05) is 6.21 Å². The molecule has 0 amide bonds. The van der Waals surface area contributed by atoms with E-state index in [9.17, 15) is 0 Å². The number of pyridine rings is 1. The summed E-state index contributed by atoms with van der Waals surface area (Å²) in [5, 5.41) is 0. The van der Waals surface area contributed by atoms with Gasteiger partial charge in [-0.2, -0.15) is 0 Å². The first-order valence-corrected chi connectivity index (χ1v) is 11.5. The predicted molar refractivity (Wildman–Crippen MR) is 127 cm³/mol. The summed E-state index contributed by atoms with van der Waals surface area (Å²) in [5.74, 6) is 0.711. The Balaban J connectivity index is 1.48. The number of rotatable bonds is 8. The highest BCUT2D eigenvalue weighted by atomic mass is 16.5. The average molecular weight is 439 g/mol. The van der Waals surface area contributed by atoms with Crippen molar-refractivity contribution in [1.82, 2.24) is 9.88 Å². The monoisotopic (exact) mass is 438 g/mol. The van der Waals surface area contributed by atoms with Gasteiger partial charge in [-0.1, -0.05) is 29.8 Å². The zero-order chi connectivity index (χ0) is 22.2. The molecule has 1 aromatic heterocycles. The Morgan fingerprint density at radius 3 is 2.53 bits per heavy atom. The number of hydrogen-bond acceptors (Lipinski definition) is 7. The topological polar surface area (TPSA) is 59.4 Å². The molecule has 0 saturated carbocycles. The number of aromatic nitrogens is 1. The van der Waals surface area contributed by atoms with Gasteiger partial charge in [0.05, 0.1) is 38.7 Å². The van der Waals surface area contributed by atoms with Crippen molar-refractivity contribution in [2.24, 2.45) is 4.99 Å². The molecule has 0 unspecified atom stereocenters. The van der Waals surface area contributed by atoms with Gasteiger partial charge in [0.1, 0.15) is 6.61 Å². The molecule has 32 heavy (non-hydrogen) atoms. The van der Waals surface area contributed by atoms with Crippen LogP contribution < -0.4 is 9.64 Å². The summed E-state index contributed by atoms with van der Waals surface area (Å²) in [4.78, 5) is 14.2. The number of nitrogens with zero attached hydrogens (tertiary/aromatic N) is 4. The molecule has 7 heteroatoms. The predicted octanol–water partition coefficient (Wildman–Crippen LogP) is 2.87. The lowest BCUT2D eigenvalue weighted by atomic mass is 10.1. The molecule has 7 nitrogen and oxygen atoms in total. The molecule has 0 N–H and O–H groups in total. The third-order valence-corrected chi connectivity index (χ3v) is 5.89. The van der Waals surface area contributed by atoms with Crippen LogP contribution in [0.25, 0.3) is 0 Å². The van der Waals surface area contributed by atoms with Crippen LogP contribution >= 0.6 is 0 Å². The smallest absolute Gasteiger partial charge is 0.218 e. The summed E-state index contributed by atoms with van der Waals surface area (Å²) in [6.45, 7) is 13.0. The summed E-state index contributed by atoms with van der Waals surface area (Å²) in [6.07, 6.45) is 1.92. The highest BCUT2D eigenvalue weighted by molar-refractivity contribution is 5.79. The molecule has 0 radical (unpaired) electrons. The van der Waals surface area contributed by atoms with E-state index >= 15 is 0 Å². The molecule has 0 aliphatic carbocycles. The molecule has 3 heterocycles. The molecule has 2 aliphatic heterocycles. The zero-order valence-corrected chi connectivity index (χ0v) is 19.3. The molecule has 2 aromatic rings. The first-order valence-electron chi connectivity index (χ1n) is 11.5. The molecule has 1 aromatic carbocycles. The normalized spacial score (nSPS) is 17.8. The Kier molecular flexibility index (Phi) is 8.09. The van der Waals surface area contributed by atoms with E-state index in [2.05, 4.69) is 59.0 Å². The van der Waals surface area contributed by atoms with Gasteiger partial charge in [0.15, 0.2) is 0 Å². The van der Waals surface area contributed by atoms with E-state index in [4.69, 9.17) is 19.2 Å². The molecule has 0 spiro atoms. The average Bonchev–Trinajstić information content (AvgIpc) is 2.82. The van der Waals surface area contributed by atoms with Gasteiger partial charge in [0.25, 0.3) is 0 Å². The van der Waals surface area contributed by atoms with Gasteiger partial charge in [-0.25, -0.2) is 4.98 Å². The summed E-state index contributed by atoms with van der Waals surface area (Å²) in [6, 6.07) is 10.5. The number of anilines is 1. The summed E-state index contributed by atoms with van der Waals surface area (Å²) in [7, 11) is 0. The first kappa shape index (κ1) is 22.7. The van der Waals surface area contributed by atoms with E-state index in [0.717, 1.165) is 76.0 Å². The second-order valence-electron chi connectivity index (χ2n) is 8.35. The Bertz CT molecular complexity index is 906. The lowest BCUT2D eigenvalue weighted by Gasteiger charge is -2.31. The van der Waals surface area contributed by atoms with E-state index in [-0.39, 0.29) is 0 Å². The number of aryl methyl sites for hydroxylation is 1. The van der Waals surface area contributed by atoms with Crippen LogP contribution in [0.2, 0.25) is 0 Å². The quantitative estimate of drug-likeness (QED) is 0.591. The van der Waals surface area contributed by atoms with Crippen LogP contribution in [0.1, 0.15) is 22.4 Å². The van der Waals surface area contributed by atoms with Crippen molar-refractivity contribution < 1.29 is 14.2 Å². The molecular formula is C25H34N4O3. The van der Waals surface area contributed by atoms with Crippen LogP contribution in [0, 0.1) is 13.8 Å². The summed E-state index contributed by atoms with van der Waals surface area (Å²) in [5.41, 5.74) is 5.51. The largest absolute Gasteiger partial charge is 0.476 e. The van der Waals surface area contributed by atoms with Crippen molar-refractivity contribution in [3.05, 3.63) is 52.7 Å². The summed E-state index contributed by atoms with van der Waals surface area (Å²) >= 11 is 0. The second kappa shape index (κ2) is 11.4. The van der Waals surface area contributed by atoms with Crippen molar-refractivity contribution in [2.45, 2.75) is 20.4 Å². The van der Waals surface area contributed by atoms with Gasteiger partial charge in [-0.3, -0.25) is 9.89 Å². The number of hydrogen-bond donors (Lipinski definition) is 0. The Morgan fingerprint density at radius 2 is 1.78 bits per heavy atom. The third kappa shape index (κ3) is 6.28. The third-order valence-electron chi connectivity index (χ3n) is 5.89. The Morgan fingerprint density at radius 1 is 1.03 bits per heavy atom. The number of aliphatic imine (C=N–C) groups is 1. The minimum Gasteiger partial charge on any atom is -0.476 e. The second-order valence-corrected chi connectivity index (χ2v) is 8.35. The maximum atomic E-state index is 6.19. The standard InChI is InChI=1S/C25H34N4O3/c1-20-4-3-5-22(16-20)18-26-19-23-17-24(29-9-13-31-14-10-29)21(2)25(27-23)32-15-8-28-6-11-30-12-7-28/h3-5,16-18H,6-15,19H2,1-2H3. The molecule has 2 fully saturated rings. The number of morpholine rings is 2. The van der Waals surface area contributed by atoms with Crippen LogP contribution in [0.4, 0.5) is 5.69 Å². The highest BCUT2D eigenvalue weighted by Crippen LogP contribution is 2.29. The number of benzene rings is 1. The fraction of sp³-hybridized carbons (Fsp3) is 0.520. The van der Waals surface area contributed by atoms with Gasteiger partial charge < -0.3 is 19.1 Å². The molecule has 0 bridgehead atoms. The van der Waals surface area contributed by atoms with Crippen molar-refractivity contribution in [2.75, 3.05) is 70.7 Å². The van der Waals surface area contributed by atoms with Crippen LogP contribution in [-0.2, 0) is 16.0 Å². The first-order chi connectivity index (χ1) is 15.7. The number of ether oxygens (including phenoxy) is 3. The van der Waals surface area contributed by atoms with Crippen LogP contribution in [0.15, 0.2) is 35.3 Å². The van der Waals surface area contributed by atoms with Crippen molar-refractivity contribution in [1.29, 1.82) is 0 Å².